The largest absolute Gasteiger partial charge is 0.384 e. The monoisotopic (exact) mass is 288 g/mol. The molecule has 0 bridgehead atoms. The Bertz CT molecular complexity index is 462. The second-order valence-electron chi connectivity index (χ2n) is 6.65. The molecule has 0 amide bonds. The third kappa shape index (κ3) is 3.98. The second kappa shape index (κ2) is 6.80. The van der Waals surface area contributed by atoms with Gasteiger partial charge in [0.1, 0.15) is 0 Å². The van der Waals surface area contributed by atoms with E-state index < -0.39 is 0 Å². The Morgan fingerprint density at radius 1 is 1.19 bits per heavy atom. The van der Waals surface area contributed by atoms with E-state index in [4.69, 9.17) is 4.74 Å². The van der Waals surface area contributed by atoms with Crippen molar-refractivity contribution in [2.24, 2.45) is 5.92 Å². The van der Waals surface area contributed by atoms with Crippen LogP contribution in [0.4, 0.5) is 5.69 Å². The van der Waals surface area contributed by atoms with Crippen LogP contribution in [0.3, 0.4) is 0 Å². The van der Waals surface area contributed by atoms with Gasteiger partial charge in [-0.25, -0.2) is 0 Å². The molecule has 1 aliphatic heterocycles. The van der Waals surface area contributed by atoms with E-state index in [9.17, 15) is 0 Å². The van der Waals surface area contributed by atoms with Crippen LogP contribution in [0, 0.1) is 12.8 Å². The van der Waals surface area contributed by atoms with E-state index in [-0.39, 0.29) is 0 Å². The lowest BCUT2D eigenvalue weighted by Crippen LogP contribution is -2.35. The fourth-order valence-electron chi connectivity index (χ4n) is 3.21. The van der Waals surface area contributed by atoms with Crippen LogP contribution in [-0.2, 0) is 11.3 Å². The molecule has 1 aliphatic carbocycles. The zero-order chi connectivity index (χ0) is 14.7. The van der Waals surface area contributed by atoms with E-state index >= 15 is 0 Å². The molecule has 0 atom stereocenters. The number of piperidine rings is 1. The summed E-state index contributed by atoms with van der Waals surface area (Å²) >= 11 is 0. The van der Waals surface area contributed by atoms with Crippen molar-refractivity contribution < 1.29 is 4.74 Å². The van der Waals surface area contributed by atoms with Gasteiger partial charge in [0.2, 0.25) is 0 Å². The molecule has 21 heavy (non-hydrogen) atoms. The summed E-state index contributed by atoms with van der Waals surface area (Å²) < 4.78 is 5.28. The Morgan fingerprint density at radius 2 is 1.95 bits per heavy atom. The van der Waals surface area contributed by atoms with E-state index in [1.54, 1.807) is 0 Å². The van der Waals surface area contributed by atoms with E-state index in [1.807, 2.05) is 7.11 Å². The smallest absolute Gasteiger partial charge is 0.0491 e. The summed E-state index contributed by atoms with van der Waals surface area (Å²) in [7, 11) is 1.81. The molecule has 3 rings (SSSR count). The second-order valence-corrected chi connectivity index (χ2v) is 6.65. The van der Waals surface area contributed by atoms with Crippen molar-refractivity contribution in [3.8, 4) is 0 Å². The van der Waals surface area contributed by atoms with Crippen molar-refractivity contribution in [2.45, 2.75) is 45.2 Å². The first kappa shape index (κ1) is 14.9. The van der Waals surface area contributed by atoms with E-state index in [0.29, 0.717) is 0 Å². The fourth-order valence-corrected chi connectivity index (χ4v) is 3.21. The minimum absolute atomic E-state index is 0.745. The van der Waals surface area contributed by atoms with Crippen LogP contribution >= 0.6 is 0 Å². The Hall–Kier alpha value is -1.06. The molecule has 1 saturated heterocycles. The molecule has 3 heteroatoms. The highest BCUT2D eigenvalue weighted by molar-refractivity contribution is 5.51. The average molecular weight is 288 g/mol. The minimum Gasteiger partial charge on any atom is -0.384 e. The standard InChI is InChI=1S/C18H28N2O/c1-14-11-18(6-3-16(14)12-19-17-4-5-17)20-9-7-15(8-10-20)13-21-2/h3,6,11,15,17,19H,4-5,7-10,12-13H2,1-2H3. The zero-order valence-electron chi connectivity index (χ0n) is 13.4. The van der Waals surface area contributed by atoms with Crippen molar-refractivity contribution in [3.63, 3.8) is 0 Å². The first-order chi connectivity index (χ1) is 10.3. The number of rotatable bonds is 6. The summed E-state index contributed by atoms with van der Waals surface area (Å²) in [5, 5.41) is 3.61. The van der Waals surface area contributed by atoms with Gasteiger partial charge in [-0.3, -0.25) is 0 Å². The number of aryl methyl sites for hydroxylation is 1. The van der Waals surface area contributed by atoms with Crippen molar-refractivity contribution in [1.29, 1.82) is 0 Å². The van der Waals surface area contributed by atoms with Gasteiger partial charge in [0.25, 0.3) is 0 Å². The van der Waals surface area contributed by atoms with Gasteiger partial charge in [0.05, 0.1) is 0 Å². The predicted octanol–water partition coefficient (Wildman–Crippen LogP) is 3.11. The minimum atomic E-state index is 0.745. The molecule has 2 fully saturated rings. The molecule has 2 aliphatic rings. The summed E-state index contributed by atoms with van der Waals surface area (Å²) in [6.45, 7) is 6.50. The summed E-state index contributed by atoms with van der Waals surface area (Å²) in [5.74, 6) is 0.745. The molecule has 1 aromatic carbocycles. The highest BCUT2D eigenvalue weighted by Crippen LogP contribution is 2.26. The van der Waals surface area contributed by atoms with Crippen LogP contribution in [-0.4, -0.2) is 32.8 Å². The van der Waals surface area contributed by atoms with Crippen LogP contribution in [0.25, 0.3) is 0 Å². The number of methoxy groups -OCH3 is 1. The molecular formula is C18H28N2O. The van der Waals surface area contributed by atoms with Gasteiger partial charge in [0, 0.05) is 45.1 Å². The maximum Gasteiger partial charge on any atom is 0.0491 e. The van der Waals surface area contributed by atoms with E-state index in [0.717, 1.165) is 38.2 Å². The molecule has 0 radical (unpaired) electrons. The van der Waals surface area contributed by atoms with E-state index in [2.05, 4.69) is 35.3 Å². The number of hydrogen-bond acceptors (Lipinski definition) is 3. The summed E-state index contributed by atoms with van der Waals surface area (Å²) in [6.07, 6.45) is 5.21. The van der Waals surface area contributed by atoms with Gasteiger partial charge in [0.15, 0.2) is 0 Å². The number of nitrogens with zero attached hydrogens (tertiary/aromatic N) is 1. The average Bonchev–Trinajstić information content (AvgIpc) is 3.31. The first-order valence-corrected chi connectivity index (χ1v) is 8.33. The lowest BCUT2D eigenvalue weighted by molar-refractivity contribution is 0.139. The molecule has 1 aromatic rings. The highest BCUT2D eigenvalue weighted by atomic mass is 16.5. The Balaban J connectivity index is 1.57. The number of ether oxygens (including phenoxy) is 1. The van der Waals surface area contributed by atoms with Crippen LogP contribution in [0.1, 0.15) is 36.8 Å². The Kier molecular flexibility index (Phi) is 4.81. The summed E-state index contributed by atoms with van der Waals surface area (Å²) in [5.41, 5.74) is 4.25. The summed E-state index contributed by atoms with van der Waals surface area (Å²) in [6, 6.07) is 7.75. The summed E-state index contributed by atoms with van der Waals surface area (Å²) in [4.78, 5) is 2.53. The Labute approximate surface area is 128 Å². The van der Waals surface area contributed by atoms with Gasteiger partial charge in [-0.15, -0.1) is 0 Å². The Morgan fingerprint density at radius 3 is 2.57 bits per heavy atom. The molecule has 0 aromatic heterocycles. The third-order valence-electron chi connectivity index (χ3n) is 4.87. The zero-order valence-corrected chi connectivity index (χ0v) is 13.4. The molecule has 3 nitrogen and oxygen atoms in total. The van der Waals surface area contributed by atoms with Gasteiger partial charge in [-0.1, -0.05) is 6.07 Å². The van der Waals surface area contributed by atoms with Crippen molar-refractivity contribution in [3.05, 3.63) is 29.3 Å². The van der Waals surface area contributed by atoms with Gasteiger partial charge >= 0.3 is 0 Å². The number of benzene rings is 1. The number of anilines is 1. The van der Waals surface area contributed by atoms with Crippen molar-refractivity contribution >= 4 is 5.69 Å². The first-order valence-electron chi connectivity index (χ1n) is 8.33. The topological polar surface area (TPSA) is 24.5 Å². The van der Waals surface area contributed by atoms with Gasteiger partial charge in [-0.05, 0) is 61.8 Å². The van der Waals surface area contributed by atoms with Crippen molar-refractivity contribution in [2.75, 3.05) is 31.7 Å². The predicted molar refractivity (Wildman–Crippen MR) is 87.9 cm³/mol. The van der Waals surface area contributed by atoms with Crippen molar-refractivity contribution in [1.82, 2.24) is 5.32 Å². The molecule has 116 valence electrons. The maximum absolute atomic E-state index is 5.28. The normalized spacial score (nSPS) is 20.0. The fraction of sp³-hybridized carbons (Fsp3) is 0.667. The van der Waals surface area contributed by atoms with Crippen LogP contribution in [0.5, 0.6) is 0 Å². The number of hydrogen-bond donors (Lipinski definition) is 1. The van der Waals surface area contributed by atoms with Gasteiger partial charge < -0.3 is 15.0 Å². The van der Waals surface area contributed by atoms with Gasteiger partial charge in [-0.2, -0.15) is 0 Å². The lowest BCUT2D eigenvalue weighted by atomic mass is 9.97. The SMILES string of the molecule is COCC1CCN(c2ccc(CNC3CC3)c(C)c2)CC1. The quantitative estimate of drug-likeness (QED) is 0.870. The molecule has 1 saturated carbocycles. The molecule has 0 unspecified atom stereocenters. The molecular weight excluding hydrogens is 260 g/mol. The van der Waals surface area contributed by atoms with E-state index in [1.165, 1.54) is 42.5 Å². The number of nitrogens with one attached hydrogen (secondary N) is 1. The molecule has 1 heterocycles. The molecule has 0 spiro atoms. The third-order valence-corrected chi connectivity index (χ3v) is 4.87. The maximum atomic E-state index is 5.28. The highest BCUT2D eigenvalue weighted by Gasteiger charge is 2.21. The molecule has 1 N–H and O–H groups in total. The van der Waals surface area contributed by atoms with Crippen LogP contribution < -0.4 is 10.2 Å². The van der Waals surface area contributed by atoms with Crippen LogP contribution in [0.15, 0.2) is 18.2 Å². The van der Waals surface area contributed by atoms with Crippen LogP contribution in [0.2, 0.25) is 0 Å². The lowest BCUT2D eigenvalue weighted by Gasteiger charge is -2.33.